The molecule has 106 valence electrons. The van der Waals surface area contributed by atoms with Crippen LogP contribution >= 0.6 is 0 Å². The van der Waals surface area contributed by atoms with Crippen molar-refractivity contribution in [3.63, 3.8) is 0 Å². The lowest BCUT2D eigenvalue weighted by Crippen LogP contribution is -2.13. The summed E-state index contributed by atoms with van der Waals surface area (Å²) in [5, 5.41) is 3.36. The SMILES string of the molecule is Cc1c(N)nc(C2CC2)nc1NCCc1nccn1C. The molecule has 1 aliphatic carbocycles. The Morgan fingerprint density at radius 1 is 1.40 bits per heavy atom. The molecule has 3 rings (SSSR count). The summed E-state index contributed by atoms with van der Waals surface area (Å²) in [4.78, 5) is 13.3. The highest BCUT2D eigenvalue weighted by Crippen LogP contribution is 2.39. The van der Waals surface area contributed by atoms with Gasteiger partial charge in [0.1, 0.15) is 23.3 Å². The van der Waals surface area contributed by atoms with Gasteiger partial charge in [0, 0.05) is 43.9 Å². The molecule has 0 spiro atoms. The Kier molecular flexibility index (Phi) is 3.30. The molecular weight excluding hydrogens is 252 g/mol. The Hall–Kier alpha value is -2.11. The second-order valence-electron chi connectivity index (χ2n) is 5.35. The predicted molar refractivity (Wildman–Crippen MR) is 78.6 cm³/mol. The number of hydrogen-bond acceptors (Lipinski definition) is 5. The van der Waals surface area contributed by atoms with E-state index in [2.05, 4.69) is 20.3 Å². The van der Waals surface area contributed by atoms with E-state index in [9.17, 15) is 0 Å². The molecule has 6 nitrogen and oxygen atoms in total. The summed E-state index contributed by atoms with van der Waals surface area (Å²) in [6, 6.07) is 0. The lowest BCUT2D eigenvalue weighted by molar-refractivity contribution is 0.787. The van der Waals surface area contributed by atoms with Gasteiger partial charge in [-0.15, -0.1) is 0 Å². The summed E-state index contributed by atoms with van der Waals surface area (Å²) in [6.07, 6.45) is 6.97. The number of imidazole rings is 1. The molecular formula is C14H20N6. The number of rotatable bonds is 5. The first-order chi connectivity index (χ1) is 9.65. The minimum absolute atomic E-state index is 0.507. The molecule has 0 amide bonds. The van der Waals surface area contributed by atoms with Crippen molar-refractivity contribution in [1.29, 1.82) is 0 Å². The van der Waals surface area contributed by atoms with Gasteiger partial charge in [-0.3, -0.25) is 0 Å². The van der Waals surface area contributed by atoms with Crippen LogP contribution in [0.1, 0.15) is 36.0 Å². The van der Waals surface area contributed by atoms with Gasteiger partial charge in [0.2, 0.25) is 0 Å². The van der Waals surface area contributed by atoms with E-state index in [4.69, 9.17) is 5.73 Å². The van der Waals surface area contributed by atoms with Gasteiger partial charge < -0.3 is 15.6 Å². The largest absolute Gasteiger partial charge is 0.383 e. The monoisotopic (exact) mass is 272 g/mol. The topological polar surface area (TPSA) is 81.7 Å². The number of aromatic nitrogens is 4. The third kappa shape index (κ3) is 2.59. The molecule has 2 heterocycles. The van der Waals surface area contributed by atoms with Crippen LogP contribution in [0.5, 0.6) is 0 Å². The number of aryl methyl sites for hydroxylation is 1. The van der Waals surface area contributed by atoms with Crippen LogP contribution in [-0.2, 0) is 13.5 Å². The van der Waals surface area contributed by atoms with Gasteiger partial charge in [0.05, 0.1) is 0 Å². The van der Waals surface area contributed by atoms with Gasteiger partial charge in [-0.1, -0.05) is 0 Å². The molecule has 0 aromatic carbocycles. The third-order valence-electron chi connectivity index (χ3n) is 3.71. The lowest BCUT2D eigenvalue weighted by Gasteiger charge is -2.11. The highest BCUT2D eigenvalue weighted by molar-refractivity contribution is 5.55. The quantitative estimate of drug-likeness (QED) is 0.864. The predicted octanol–water partition coefficient (Wildman–Crippen LogP) is 1.63. The maximum Gasteiger partial charge on any atom is 0.136 e. The minimum Gasteiger partial charge on any atom is -0.383 e. The van der Waals surface area contributed by atoms with Gasteiger partial charge in [-0.2, -0.15) is 0 Å². The van der Waals surface area contributed by atoms with Crippen LogP contribution in [0.3, 0.4) is 0 Å². The maximum absolute atomic E-state index is 5.97. The van der Waals surface area contributed by atoms with Gasteiger partial charge in [-0.05, 0) is 19.8 Å². The van der Waals surface area contributed by atoms with Crippen molar-refractivity contribution in [2.24, 2.45) is 7.05 Å². The van der Waals surface area contributed by atoms with E-state index in [-0.39, 0.29) is 0 Å². The second kappa shape index (κ2) is 5.11. The first-order valence-corrected chi connectivity index (χ1v) is 6.99. The van der Waals surface area contributed by atoms with Gasteiger partial charge >= 0.3 is 0 Å². The van der Waals surface area contributed by atoms with Gasteiger partial charge in [0.25, 0.3) is 0 Å². The highest BCUT2D eigenvalue weighted by Gasteiger charge is 2.27. The Balaban J connectivity index is 1.68. The van der Waals surface area contributed by atoms with Crippen LogP contribution in [0.15, 0.2) is 12.4 Å². The average Bonchev–Trinajstić information content (AvgIpc) is 3.19. The minimum atomic E-state index is 0.507. The maximum atomic E-state index is 5.97. The zero-order chi connectivity index (χ0) is 14.1. The van der Waals surface area contributed by atoms with Crippen molar-refractivity contribution in [2.45, 2.75) is 32.1 Å². The molecule has 0 unspecified atom stereocenters. The molecule has 2 aromatic rings. The summed E-state index contributed by atoms with van der Waals surface area (Å²) in [5.41, 5.74) is 6.90. The van der Waals surface area contributed by atoms with Crippen LogP contribution < -0.4 is 11.1 Å². The number of nitrogens with one attached hydrogen (secondary N) is 1. The smallest absolute Gasteiger partial charge is 0.136 e. The number of nitrogens with zero attached hydrogens (tertiary/aromatic N) is 4. The standard InChI is InChI=1S/C14H20N6/c1-9-12(15)18-14(10-3-4-10)19-13(9)17-6-5-11-16-7-8-20(11)2/h7-8,10H,3-6H2,1-2H3,(H3,15,17,18,19). The summed E-state index contributed by atoms with van der Waals surface area (Å²) in [6.45, 7) is 2.74. The van der Waals surface area contributed by atoms with Crippen molar-refractivity contribution < 1.29 is 0 Å². The Morgan fingerprint density at radius 2 is 2.20 bits per heavy atom. The molecule has 1 saturated carbocycles. The molecule has 3 N–H and O–H groups in total. The molecule has 0 radical (unpaired) electrons. The second-order valence-corrected chi connectivity index (χ2v) is 5.35. The molecule has 1 fully saturated rings. The molecule has 6 heteroatoms. The van der Waals surface area contributed by atoms with Crippen molar-refractivity contribution in [2.75, 3.05) is 17.6 Å². The van der Waals surface area contributed by atoms with E-state index in [0.29, 0.717) is 11.7 Å². The molecule has 20 heavy (non-hydrogen) atoms. The van der Waals surface area contributed by atoms with E-state index in [0.717, 1.165) is 36.0 Å². The van der Waals surface area contributed by atoms with Crippen LogP contribution in [0.25, 0.3) is 0 Å². The van der Waals surface area contributed by atoms with Gasteiger partial charge in [0.15, 0.2) is 0 Å². The molecule has 0 aliphatic heterocycles. The number of anilines is 2. The average molecular weight is 272 g/mol. The van der Waals surface area contributed by atoms with Crippen LogP contribution in [0.4, 0.5) is 11.6 Å². The van der Waals surface area contributed by atoms with E-state index in [1.165, 1.54) is 12.8 Å². The molecule has 1 aliphatic rings. The third-order valence-corrected chi connectivity index (χ3v) is 3.71. The Morgan fingerprint density at radius 3 is 2.85 bits per heavy atom. The number of nitrogen functional groups attached to an aromatic ring is 1. The summed E-state index contributed by atoms with van der Waals surface area (Å²) < 4.78 is 2.03. The fraction of sp³-hybridized carbons (Fsp3) is 0.500. The lowest BCUT2D eigenvalue weighted by atomic mass is 10.2. The fourth-order valence-corrected chi connectivity index (χ4v) is 2.18. The normalized spacial score (nSPS) is 14.5. The Bertz CT molecular complexity index is 614. The van der Waals surface area contributed by atoms with Crippen LogP contribution in [-0.4, -0.2) is 26.1 Å². The first-order valence-electron chi connectivity index (χ1n) is 6.99. The van der Waals surface area contributed by atoms with Crippen molar-refractivity contribution in [1.82, 2.24) is 19.5 Å². The Labute approximate surface area is 118 Å². The van der Waals surface area contributed by atoms with E-state index in [1.807, 2.05) is 30.9 Å². The highest BCUT2D eigenvalue weighted by atomic mass is 15.1. The summed E-state index contributed by atoms with van der Waals surface area (Å²) >= 11 is 0. The van der Waals surface area contributed by atoms with Crippen LogP contribution in [0.2, 0.25) is 0 Å². The number of hydrogen-bond donors (Lipinski definition) is 2. The summed E-state index contributed by atoms with van der Waals surface area (Å²) in [7, 11) is 2.00. The van der Waals surface area contributed by atoms with Crippen LogP contribution in [0, 0.1) is 6.92 Å². The molecule has 0 saturated heterocycles. The van der Waals surface area contributed by atoms with E-state index < -0.39 is 0 Å². The van der Waals surface area contributed by atoms with E-state index in [1.54, 1.807) is 0 Å². The molecule has 0 atom stereocenters. The zero-order valence-corrected chi connectivity index (χ0v) is 11.9. The van der Waals surface area contributed by atoms with Crippen molar-refractivity contribution >= 4 is 11.6 Å². The fourth-order valence-electron chi connectivity index (χ4n) is 2.18. The summed E-state index contributed by atoms with van der Waals surface area (Å²) in [5.74, 6) is 3.88. The molecule has 2 aromatic heterocycles. The van der Waals surface area contributed by atoms with Crippen molar-refractivity contribution in [3.05, 3.63) is 29.6 Å². The molecule has 0 bridgehead atoms. The van der Waals surface area contributed by atoms with Crippen molar-refractivity contribution in [3.8, 4) is 0 Å². The first kappa shape index (κ1) is 12.9. The zero-order valence-electron chi connectivity index (χ0n) is 11.9. The van der Waals surface area contributed by atoms with Gasteiger partial charge in [-0.25, -0.2) is 15.0 Å². The van der Waals surface area contributed by atoms with E-state index >= 15 is 0 Å². The number of nitrogens with two attached hydrogens (primary N) is 1.